The Bertz CT molecular complexity index is 1690. The number of allylic oxidation sites excluding steroid dienone is 5. The third-order valence-corrected chi connectivity index (χ3v) is 20.2. The summed E-state index contributed by atoms with van der Waals surface area (Å²) in [6.45, 7) is 4.31. The first kappa shape index (κ1) is 91.9. The number of carbonyl (C=O) groups excluding carboxylic acids is 2. The number of aliphatic hydroxyl groups excluding tert-OH is 5. The van der Waals surface area contributed by atoms with Gasteiger partial charge in [-0.05, 0) is 51.4 Å². The van der Waals surface area contributed by atoms with Crippen molar-refractivity contribution in [1.29, 1.82) is 0 Å². The summed E-state index contributed by atoms with van der Waals surface area (Å²) in [4.78, 5) is 25.2. The fraction of sp³-hybridized carbons (Fsp3) is 0.906. The molecular weight excluding hydrogens is 1190 g/mol. The molecule has 7 atom stereocenters. The van der Waals surface area contributed by atoms with Gasteiger partial charge < -0.3 is 45.1 Å². The second kappa shape index (κ2) is 74.1. The number of unbranched alkanes of at least 4 members (excludes halogenated alkanes) is 58. The summed E-state index contributed by atoms with van der Waals surface area (Å²) in [6, 6.07) is -0.829. The van der Waals surface area contributed by atoms with E-state index in [2.05, 4.69) is 43.5 Å². The molecule has 0 aliphatic carbocycles. The summed E-state index contributed by atoms with van der Waals surface area (Å²) in [5.74, 6) is -0.167. The van der Waals surface area contributed by atoms with Gasteiger partial charge in [0, 0.05) is 12.8 Å². The minimum absolute atomic E-state index is 0.0234. The van der Waals surface area contributed by atoms with E-state index in [0.717, 1.165) is 70.6 Å². The Balaban J connectivity index is 1.83. The molecule has 11 nitrogen and oxygen atoms in total. The smallest absolute Gasteiger partial charge is 0.305 e. The molecule has 0 radical (unpaired) electrons. The van der Waals surface area contributed by atoms with Crippen LogP contribution in [0, 0.1) is 0 Å². The average Bonchev–Trinajstić information content (AvgIpc) is 0.855. The minimum atomic E-state index is -1.58. The van der Waals surface area contributed by atoms with Crippen LogP contribution in [0.2, 0.25) is 0 Å². The Morgan fingerprint density at radius 3 is 1.01 bits per heavy atom. The van der Waals surface area contributed by atoms with E-state index in [1.54, 1.807) is 6.08 Å². The topological polar surface area (TPSA) is 175 Å². The van der Waals surface area contributed by atoms with Crippen molar-refractivity contribution in [1.82, 2.24) is 5.32 Å². The molecule has 0 aromatic rings. The zero-order valence-corrected chi connectivity index (χ0v) is 63.4. The Kier molecular flexibility index (Phi) is 70.9. The predicted octanol–water partition coefficient (Wildman–Crippen LogP) is 23.3. The first-order valence-corrected chi connectivity index (χ1v) is 42.3. The predicted molar refractivity (Wildman–Crippen MR) is 407 cm³/mol. The number of nitrogens with one attached hydrogen (secondary N) is 1. The first-order chi connectivity index (χ1) is 47.2. The van der Waals surface area contributed by atoms with Crippen molar-refractivity contribution < 1.29 is 49.3 Å². The molecule has 96 heavy (non-hydrogen) atoms. The summed E-state index contributed by atoms with van der Waals surface area (Å²) in [5, 5.41) is 54.4. The van der Waals surface area contributed by atoms with E-state index in [1.807, 2.05) is 6.08 Å². The maximum atomic E-state index is 13.1. The van der Waals surface area contributed by atoms with E-state index >= 15 is 0 Å². The number of esters is 1. The van der Waals surface area contributed by atoms with Crippen LogP contribution in [0.25, 0.3) is 0 Å². The van der Waals surface area contributed by atoms with Gasteiger partial charge in [0.15, 0.2) is 6.29 Å². The van der Waals surface area contributed by atoms with Crippen LogP contribution in [0.5, 0.6) is 0 Å². The van der Waals surface area contributed by atoms with Crippen LogP contribution in [-0.4, -0.2) is 100 Å². The Morgan fingerprint density at radius 1 is 0.375 bits per heavy atom. The molecular formula is C85H161NO10. The van der Waals surface area contributed by atoms with Crippen molar-refractivity contribution in [3.8, 4) is 0 Å². The summed E-state index contributed by atoms with van der Waals surface area (Å²) in [6.07, 6.45) is 88.0. The van der Waals surface area contributed by atoms with Crippen molar-refractivity contribution in [3.63, 3.8) is 0 Å². The molecule has 7 unspecified atom stereocenters. The van der Waals surface area contributed by atoms with Crippen LogP contribution < -0.4 is 5.32 Å². The maximum absolute atomic E-state index is 13.1. The molecule has 1 aliphatic rings. The first-order valence-electron chi connectivity index (χ1n) is 42.3. The van der Waals surface area contributed by atoms with E-state index in [-0.39, 0.29) is 18.5 Å². The highest BCUT2D eigenvalue weighted by atomic mass is 16.7. The van der Waals surface area contributed by atoms with Gasteiger partial charge in [0.1, 0.15) is 24.4 Å². The molecule has 11 heteroatoms. The van der Waals surface area contributed by atoms with E-state index in [1.165, 1.54) is 334 Å². The zero-order valence-electron chi connectivity index (χ0n) is 63.4. The van der Waals surface area contributed by atoms with Gasteiger partial charge in [0.2, 0.25) is 5.91 Å². The third kappa shape index (κ3) is 61.7. The van der Waals surface area contributed by atoms with Gasteiger partial charge in [-0.3, -0.25) is 9.59 Å². The third-order valence-electron chi connectivity index (χ3n) is 20.2. The number of hydrogen-bond acceptors (Lipinski definition) is 10. The van der Waals surface area contributed by atoms with Gasteiger partial charge in [-0.1, -0.05) is 403 Å². The molecule has 0 aromatic heterocycles. The summed E-state index contributed by atoms with van der Waals surface area (Å²) in [7, 11) is 0. The highest BCUT2D eigenvalue weighted by Gasteiger charge is 2.44. The summed E-state index contributed by atoms with van der Waals surface area (Å²) >= 11 is 0. The molecule has 0 aromatic carbocycles. The van der Waals surface area contributed by atoms with Crippen LogP contribution >= 0.6 is 0 Å². The van der Waals surface area contributed by atoms with Gasteiger partial charge in [0.05, 0.1) is 32.0 Å². The number of amides is 1. The number of ether oxygens (including phenoxy) is 3. The van der Waals surface area contributed by atoms with Crippen LogP contribution in [-0.2, 0) is 23.8 Å². The molecule has 1 rings (SSSR count). The number of hydrogen-bond donors (Lipinski definition) is 6. The Labute approximate surface area is 594 Å². The summed E-state index contributed by atoms with van der Waals surface area (Å²) < 4.78 is 16.8. The highest BCUT2D eigenvalue weighted by Crippen LogP contribution is 2.24. The summed E-state index contributed by atoms with van der Waals surface area (Å²) in [5.41, 5.74) is 0. The monoisotopic (exact) mass is 1360 g/mol. The molecule has 566 valence electrons. The standard InChI is InChI=1S/C85H161NO10/c1-3-5-7-9-11-13-15-16-17-18-43-46-49-53-57-61-65-69-73-81(90)94-74-70-66-62-58-54-50-47-44-41-39-37-35-33-31-29-27-25-23-21-19-20-22-24-26-28-30-32-34-36-38-40-42-45-48-52-56-60-64-68-72-80(89)86-77(76-95-85-84(93)83(92)82(91)79(75-87)96-85)78(88)71-67-63-59-55-51-14-12-10-8-6-4-2/h8,10,51,55,67,71,77-79,82-85,87-88,91-93H,3-7,9,11-50,52-54,56-66,68-70,72-76H2,1-2H3,(H,86,89)/b10-8+,55-51+,71-67+. The molecule has 0 saturated carbocycles. The van der Waals surface area contributed by atoms with Crippen LogP contribution in [0.1, 0.15) is 431 Å². The highest BCUT2D eigenvalue weighted by molar-refractivity contribution is 5.76. The quantitative estimate of drug-likeness (QED) is 0.0195. The fourth-order valence-corrected chi connectivity index (χ4v) is 13.7. The van der Waals surface area contributed by atoms with Crippen molar-refractivity contribution >= 4 is 11.9 Å². The molecule has 1 heterocycles. The van der Waals surface area contributed by atoms with Gasteiger partial charge in [-0.25, -0.2) is 0 Å². The Hall–Kier alpha value is -2.12. The average molecular weight is 1360 g/mol. The Morgan fingerprint density at radius 2 is 0.677 bits per heavy atom. The van der Waals surface area contributed by atoms with Crippen LogP contribution in [0.15, 0.2) is 36.5 Å². The second-order valence-corrected chi connectivity index (χ2v) is 29.5. The molecule has 0 spiro atoms. The second-order valence-electron chi connectivity index (χ2n) is 29.5. The van der Waals surface area contributed by atoms with E-state index in [4.69, 9.17) is 14.2 Å². The van der Waals surface area contributed by atoms with Gasteiger partial charge in [-0.2, -0.15) is 0 Å². The van der Waals surface area contributed by atoms with Crippen molar-refractivity contribution in [2.24, 2.45) is 0 Å². The minimum Gasteiger partial charge on any atom is -0.466 e. The molecule has 1 amide bonds. The molecule has 0 bridgehead atoms. The van der Waals surface area contributed by atoms with Gasteiger partial charge in [-0.15, -0.1) is 0 Å². The molecule has 6 N–H and O–H groups in total. The van der Waals surface area contributed by atoms with E-state index in [9.17, 15) is 35.1 Å². The largest absolute Gasteiger partial charge is 0.466 e. The zero-order chi connectivity index (χ0) is 69.4. The van der Waals surface area contributed by atoms with Crippen molar-refractivity contribution in [2.75, 3.05) is 19.8 Å². The van der Waals surface area contributed by atoms with E-state index < -0.39 is 49.5 Å². The lowest BCUT2D eigenvalue weighted by Gasteiger charge is -2.40. The van der Waals surface area contributed by atoms with Gasteiger partial charge in [0.25, 0.3) is 0 Å². The SMILES string of the molecule is CCC/C=C/CC/C=C/CC/C=C/C(O)C(COC1OC(CO)C(O)C(O)C1O)NC(=O)CCCCCCCCCCCCCCCCCCCCCCCCCCCCCCCCCCCCCCCCCOC(=O)CCCCCCCCCCCCCCCCCCCC. The van der Waals surface area contributed by atoms with E-state index in [0.29, 0.717) is 19.4 Å². The number of aliphatic hydroxyl groups is 5. The maximum Gasteiger partial charge on any atom is 0.305 e. The molecule has 1 saturated heterocycles. The van der Waals surface area contributed by atoms with Crippen LogP contribution in [0.4, 0.5) is 0 Å². The molecule has 1 aliphatic heterocycles. The fourth-order valence-electron chi connectivity index (χ4n) is 13.7. The molecule has 1 fully saturated rings. The van der Waals surface area contributed by atoms with Crippen molar-refractivity contribution in [2.45, 2.75) is 474 Å². The lowest BCUT2D eigenvalue weighted by molar-refractivity contribution is -0.302. The lowest BCUT2D eigenvalue weighted by atomic mass is 9.99. The van der Waals surface area contributed by atoms with Gasteiger partial charge >= 0.3 is 5.97 Å². The number of rotatable bonds is 76. The number of carbonyl (C=O) groups is 2. The van der Waals surface area contributed by atoms with Crippen LogP contribution in [0.3, 0.4) is 0 Å². The lowest BCUT2D eigenvalue weighted by Crippen LogP contribution is -2.60. The van der Waals surface area contributed by atoms with Crippen molar-refractivity contribution in [3.05, 3.63) is 36.5 Å². The normalized spacial score (nSPS) is 17.4.